The smallest absolute Gasteiger partial charge is 0.229 e. The Kier molecular flexibility index (Phi) is 4.20. The molecule has 26 heavy (non-hydrogen) atoms. The molecule has 0 aliphatic carbocycles. The second kappa shape index (κ2) is 6.83. The lowest BCUT2D eigenvalue weighted by Gasteiger charge is -2.29. The van der Waals surface area contributed by atoms with E-state index in [4.69, 9.17) is 19.7 Å². The summed E-state index contributed by atoms with van der Waals surface area (Å²) in [7, 11) is 0. The third-order valence-corrected chi connectivity index (χ3v) is 5.50. The van der Waals surface area contributed by atoms with Crippen LogP contribution in [0.25, 0.3) is 11.0 Å². The highest BCUT2D eigenvalue weighted by atomic mass is 16.5. The van der Waals surface area contributed by atoms with Crippen LogP contribution >= 0.6 is 0 Å². The van der Waals surface area contributed by atoms with Crippen LogP contribution in [-0.2, 0) is 4.74 Å². The molecule has 2 aromatic rings. The largest absolute Gasteiger partial charge is 0.378 e. The first-order valence-corrected chi connectivity index (χ1v) is 9.76. The molecular weight excluding hydrogens is 330 g/mol. The van der Waals surface area contributed by atoms with Gasteiger partial charge < -0.3 is 19.4 Å². The fourth-order valence-electron chi connectivity index (χ4n) is 4.03. The zero-order valence-electron chi connectivity index (χ0n) is 15.1. The SMILES string of the molecule is c1nc(N2CCCC2)nc2nc(N3CCCC3)nc(N3CCOCC3)c12. The number of hydrogen-bond acceptors (Lipinski definition) is 8. The normalized spacial score (nSPS) is 21.2. The number of morpholine rings is 1. The van der Waals surface area contributed by atoms with E-state index < -0.39 is 0 Å². The molecule has 5 heterocycles. The summed E-state index contributed by atoms with van der Waals surface area (Å²) in [5, 5.41) is 0.942. The Bertz CT molecular complexity index is 775. The molecule has 0 radical (unpaired) electrons. The van der Waals surface area contributed by atoms with Crippen molar-refractivity contribution in [3.8, 4) is 0 Å². The van der Waals surface area contributed by atoms with E-state index in [-0.39, 0.29) is 0 Å². The van der Waals surface area contributed by atoms with Crippen LogP contribution in [0.1, 0.15) is 25.7 Å². The summed E-state index contributed by atoms with van der Waals surface area (Å²) >= 11 is 0. The van der Waals surface area contributed by atoms with E-state index in [1.165, 1.54) is 25.7 Å². The Hall–Kier alpha value is -2.22. The van der Waals surface area contributed by atoms with E-state index in [1.807, 2.05) is 6.20 Å². The predicted molar refractivity (Wildman–Crippen MR) is 101 cm³/mol. The Balaban J connectivity index is 1.60. The summed E-state index contributed by atoms with van der Waals surface area (Å²) in [5.41, 5.74) is 0.764. The van der Waals surface area contributed by atoms with Crippen LogP contribution in [-0.4, -0.2) is 72.4 Å². The summed E-state index contributed by atoms with van der Waals surface area (Å²) in [6, 6.07) is 0. The molecular formula is C18H25N7O. The maximum Gasteiger partial charge on any atom is 0.229 e. The molecule has 0 atom stereocenters. The summed E-state index contributed by atoms with van der Waals surface area (Å²) in [5.74, 6) is 2.56. The van der Waals surface area contributed by atoms with E-state index in [0.29, 0.717) is 0 Å². The highest BCUT2D eigenvalue weighted by Crippen LogP contribution is 2.29. The van der Waals surface area contributed by atoms with Crippen LogP contribution < -0.4 is 14.7 Å². The molecule has 5 rings (SSSR count). The van der Waals surface area contributed by atoms with Crippen molar-refractivity contribution < 1.29 is 4.74 Å². The zero-order chi connectivity index (χ0) is 17.3. The molecule has 3 aliphatic rings. The van der Waals surface area contributed by atoms with Crippen LogP contribution in [0.2, 0.25) is 0 Å². The van der Waals surface area contributed by atoms with Gasteiger partial charge in [0.1, 0.15) is 5.82 Å². The number of anilines is 3. The van der Waals surface area contributed by atoms with Crippen LogP contribution in [0.4, 0.5) is 17.7 Å². The number of ether oxygens (including phenoxy) is 1. The van der Waals surface area contributed by atoms with Gasteiger partial charge in [0.2, 0.25) is 11.9 Å². The van der Waals surface area contributed by atoms with Crippen molar-refractivity contribution in [2.24, 2.45) is 0 Å². The molecule has 0 amide bonds. The van der Waals surface area contributed by atoms with Gasteiger partial charge in [-0.3, -0.25) is 0 Å². The first-order valence-electron chi connectivity index (χ1n) is 9.76. The van der Waals surface area contributed by atoms with E-state index in [2.05, 4.69) is 19.7 Å². The molecule has 138 valence electrons. The van der Waals surface area contributed by atoms with Crippen LogP contribution in [0.3, 0.4) is 0 Å². The topological polar surface area (TPSA) is 70.5 Å². The van der Waals surface area contributed by atoms with Gasteiger partial charge in [-0.1, -0.05) is 0 Å². The molecule has 0 saturated carbocycles. The zero-order valence-corrected chi connectivity index (χ0v) is 15.1. The second-order valence-electron chi connectivity index (χ2n) is 7.24. The maximum atomic E-state index is 5.52. The molecule has 8 heteroatoms. The van der Waals surface area contributed by atoms with E-state index in [9.17, 15) is 0 Å². The Morgan fingerprint density at radius 2 is 1.31 bits per heavy atom. The van der Waals surface area contributed by atoms with Gasteiger partial charge in [-0.2, -0.15) is 15.0 Å². The van der Waals surface area contributed by atoms with Crippen molar-refractivity contribution in [1.82, 2.24) is 19.9 Å². The Morgan fingerprint density at radius 3 is 2.00 bits per heavy atom. The first kappa shape index (κ1) is 16.0. The number of rotatable bonds is 3. The fourth-order valence-corrected chi connectivity index (χ4v) is 4.03. The number of nitrogens with zero attached hydrogens (tertiary/aromatic N) is 7. The summed E-state index contributed by atoms with van der Waals surface area (Å²) in [4.78, 5) is 26.0. The summed E-state index contributed by atoms with van der Waals surface area (Å²) < 4.78 is 5.52. The highest BCUT2D eigenvalue weighted by molar-refractivity contribution is 5.88. The van der Waals surface area contributed by atoms with Crippen molar-refractivity contribution in [2.75, 3.05) is 67.2 Å². The van der Waals surface area contributed by atoms with Crippen molar-refractivity contribution in [2.45, 2.75) is 25.7 Å². The van der Waals surface area contributed by atoms with E-state index in [1.54, 1.807) is 0 Å². The van der Waals surface area contributed by atoms with Crippen LogP contribution in [0.15, 0.2) is 6.20 Å². The molecule has 0 spiro atoms. The quantitative estimate of drug-likeness (QED) is 0.819. The van der Waals surface area contributed by atoms with Gasteiger partial charge in [0.25, 0.3) is 0 Å². The van der Waals surface area contributed by atoms with Crippen molar-refractivity contribution in [3.63, 3.8) is 0 Å². The average molecular weight is 355 g/mol. The van der Waals surface area contributed by atoms with Crippen LogP contribution in [0, 0.1) is 0 Å². The minimum Gasteiger partial charge on any atom is -0.378 e. The lowest BCUT2D eigenvalue weighted by Crippen LogP contribution is -2.37. The van der Waals surface area contributed by atoms with Gasteiger partial charge in [0, 0.05) is 45.5 Å². The lowest BCUT2D eigenvalue weighted by atomic mass is 10.3. The molecule has 0 aromatic carbocycles. The number of fused-ring (bicyclic) bond motifs is 1. The Morgan fingerprint density at radius 1 is 0.692 bits per heavy atom. The average Bonchev–Trinajstić information content (AvgIpc) is 3.41. The van der Waals surface area contributed by atoms with Gasteiger partial charge in [-0.05, 0) is 25.7 Å². The fraction of sp³-hybridized carbons (Fsp3) is 0.667. The molecule has 3 fully saturated rings. The van der Waals surface area contributed by atoms with Crippen molar-refractivity contribution >= 4 is 28.7 Å². The van der Waals surface area contributed by atoms with Gasteiger partial charge in [-0.15, -0.1) is 0 Å². The summed E-state index contributed by atoms with van der Waals surface area (Å²) in [6.45, 7) is 7.28. The number of hydrogen-bond donors (Lipinski definition) is 0. The van der Waals surface area contributed by atoms with E-state index >= 15 is 0 Å². The minimum absolute atomic E-state index is 0.733. The molecule has 0 N–H and O–H groups in total. The lowest BCUT2D eigenvalue weighted by molar-refractivity contribution is 0.122. The van der Waals surface area contributed by atoms with Gasteiger partial charge in [-0.25, -0.2) is 4.98 Å². The second-order valence-corrected chi connectivity index (χ2v) is 7.24. The molecule has 0 unspecified atom stereocenters. The monoisotopic (exact) mass is 355 g/mol. The Labute approximate surface area is 153 Å². The summed E-state index contributed by atoms with van der Waals surface area (Å²) in [6.07, 6.45) is 6.75. The van der Waals surface area contributed by atoms with Gasteiger partial charge in [0.15, 0.2) is 5.65 Å². The van der Waals surface area contributed by atoms with Crippen LogP contribution in [0.5, 0.6) is 0 Å². The van der Waals surface area contributed by atoms with Crippen molar-refractivity contribution in [1.29, 1.82) is 0 Å². The molecule has 3 aliphatic heterocycles. The van der Waals surface area contributed by atoms with Gasteiger partial charge in [0.05, 0.1) is 18.6 Å². The molecule has 8 nitrogen and oxygen atoms in total. The maximum absolute atomic E-state index is 5.52. The predicted octanol–water partition coefficient (Wildman–Crippen LogP) is 1.46. The molecule has 2 aromatic heterocycles. The van der Waals surface area contributed by atoms with E-state index in [0.717, 1.165) is 81.2 Å². The first-order chi connectivity index (χ1) is 12.9. The molecule has 0 bridgehead atoms. The van der Waals surface area contributed by atoms with Crippen molar-refractivity contribution in [3.05, 3.63) is 6.20 Å². The molecule has 3 saturated heterocycles. The highest BCUT2D eigenvalue weighted by Gasteiger charge is 2.23. The third-order valence-electron chi connectivity index (χ3n) is 5.50. The third kappa shape index (κ3) is 2.92. The number of aromatic nitrogens is 4. The van der Waals surface area contributed by atoms with Gasteiger partial charge >= 0.3 is 0 Å². The minimum atomic E-state index is 0.733. The standard InChI is InChI=1S/C18H25N7O/c1-2-6-24(5-1)17-19-13-14-15(20-17)21-18(25-7-3-4-8-25)22-16(14)23-9-11-26-12-10-23/h13H,1-12H2.